The number of carbonyl (C=O) groups is 1. The van der Waals surface area contributed by atoms with E-state index in [1.54, 1.807) is 13.2 Å². The first-order valence-electron chi connectivity index (χ1n) is 9.69. The van der Waals surface area contributed by atoms with Crippen LogP contribution in [0.2, 0.25) is 0 Å². The molecule has 146 valence electrons. The molecule has 0 radical (unpaired) electrons. The number of benzene rings is 1. The van der Waals surface area contributed by atoms with Crippen molar-refractivity contribution < 1.29 is 9.90 Å². The average molecular weight is 371 g/mol. The predicted octanol–water partition coefficient (Wildman–Crippen LogP) is 1.74. The van der Waals surface area contributed by atoms with E-state index in [9.17, 15) is 4.79 Å². The van der Waals surface area contributed by atoms with E-state index in [0.29, 0.717) is 12.2 Å². The van der Waals surface area contributed by atoms with Crippen molar-refractivity contribution >= 4 is 5.91 Å². The van der Waals surface area contributed by atoms with Crippen molar-refractivity contribution in [2.75, 3.05) is 33.3 Å². The monoisotopic (exact) mass is 371 g/mol. The lowest BCUT2D eigenvalue weighted by Crippen LogP contribution is -2.36. The Hall–Kier alpha value is -2.25. The molecular weight excluding hydrogens is 342 g/mol. The number of aliphatic hydroxyl groups excluding tert-OH is 1. The van der Waals surface area contributed by atoms with Crippen LogP contribution in [0.4, 0.5) is 0 Å². The first-order chi connectivity index (χ1) is 13.1. The molecular formula is C20H29N5O2. The fourth-order valence-electron chi connectivity index (χ4n) is 3.53. The molecule has 1 fully saturated rings. The van der Waals surface area contributed by atoms with Crippen LogP contribution in [0.25, 0.3) is 0 Å². The summed E-state index contributed by atoms with van der Waals surface area (Å²) < 4.78 is 1.83. The summed E-state index contributed by atoms with van der Waals surface area (Å²) in [6, 6.07) is 9.06. The van der Waals surface area contributed by atoms with Gasteiger partial charge in [-0.25, -0.2) is 4.68 Å². The zero-order chi connectivity index (χ0) is 19.2. The summed E-state index contributed by atoms with van der Waals surface area (Å²) in [6.45, 7) is 5.31. The molecule has 7 heteroatoms. The van der Waals surface area contributed by atoms with E-state index >= 15 is 0 Å². The van der Waals surface area contributed by atoms with Gasteiger partial charge in [-0.1, -0.05) is 36.4 Å². The molecule has 27 heavy (non-hydrogen) atoms. The summed E-state index contributed by atoms with van der Waals surface area (Å²) in [6.07, 6.45) is 4.94. The van der Waals surface area contributed by atoms with Gasteiger partial charge in [-0.2, -0.15) is 0 Å². The Labute approximate surface area is 160 Å². The van der Waals surface area contributed by atoms with Crippen LogP contribution in [0.1, 0.15) is 47.4 Å². The molecule has 3 rings (SSSR count). The minimum atomic E-state index is -0.209. The SMILES string of the molecule is CCc1ccc(CN2CCC[C@H](n3cc(C(=O)N(C)CCO)nn3)C2)cc1. The fourth-order valence-corrected chi connectivity index (χ4v) is 3.53. The van der Waals surface area contributed by atoms with Gasteiger partial charge in [-0.3, -0.25) is 9.69 Å². The topological polar surface area (TPSA) is 74.5 Å². The number of nitrogens with zero attached hydrogens (tertiary/aromatic N) is 5. The van der Waals surface area contributed by atoms with Gasteiger partial charge < -0.3 is 10.0 Å². The third kappa shape index (κ3) is 4.93. The minimum absolute atomic E-state index is 0.0623. The number of hydrogen-bond acceptors (Lipinski definition) is 5. The first kappa shape index (κ1) is 19.5. The number of likely N-dealkylation sites (tertiary alicyclic amines) is 1. The molecule has 7 nitrogen and oxygen atoms in total. The zero-order valence-corrected chi connectivity index (χ0v) is 16.2. The Kier molecular flexibility index (Phi) is 6.58. The third-order valence-corrected chi connectivity index (χ3v) is 5.20. The Morgan fingerprint density at radius 1 is 1.30 bits per heavy atom. The van der Waals surface area contributed by atoms with E-state index in [2.05, 4.69) is 46.4 Å². The Morgan fingerprint density at radius 3 is 2.74 bits per heavy atom. The number of aliphatic hydroxyl groups is 1. The van der Waals surface area contributed by atoms with Crippen LogP contribution in [-0.2, 0) is 13.0 Å². The maximum absolute atomic E-state index is 12.3. The Balaban J connectivity index is 1.61. The molecule has 1 aliphatic heterocycles. The van der Waals surface area contributed by atoms with E-state index in [-0.39, 0.29) is 18.6 Å². The van der Waals surface area contributed by atoms with Crippen LogP contribution in [0.3, 0.4) is 0 Å². The molecule has 1 saturated heterocycles. The highest BCUT2D eigenvalue weighted by Crippen LogP contribution is 2.22. The van der Waals surface area contributed by atoms with Gasteiger partial charge in [0.1, 0.15) is 0 Å². The molecule has 1 aliphatic rings. The van der Waals surface area contributed by atoms with Crippen molar-refractivity contribution in [1.82, 2.24) is 24.8 Å². The van der Waals surface area contributed by atoms with Gasteiger partial charge in [0, 0.05) is 26.7 Å². The number of amides is 1. The van der Waals surface area contributed by atoms with Crippen LogP contribution in [-0.4, -0.2) is 69.1 Å². The van der Waals surface area contributed by atoms with Gasteiger partial charge >= 0.3 is 0 Å². The molecule has 0 unspecified atom stereocenters. The molecule has 1 aromatic carbocycles. The standard InChI is InChI=1S/C20H29N5O2/c1-3-16-6-8-17(9-7-16)13-24-10-4-5-18(14-24)25-15-19(21-22-25)20(27)23(2)11-12-26/h6-9,15,18,26H,3-5,10-14H2,1-2H3/t18-/m0/s1. The molecule has 0 saturated carbocycles. The van der Waals surface area contributed by atoms with Gasteiger partial charge in [0.25, 0.3) is 5.91 Å². The van der Waals surface area contributed by atoms with Crippen LogP contribution in [0, 0.1) is 0 Å². The third-order valence-electron chi connectivity index (χ3n) is 5.20. The second-order valence-corrected chi connectivity index (χ2v) is 7.24. The first-order valence-corrected chi connectivity index (χ1v) is 9.69. The lowest BCUT2D eigenvalue weighted by atomic mass is 10.0. The quantitative estimate of drug-likeness (QED) is 0.802. The normalized spacial score (nSPS) is 17.8. The number of aryl methyl sites for hydroxylation is 1. The summed E-state index contributed by atoms with van der Waals surface area (Å²) in [5.74, 6) is -0.209. The summed E-state index contributed by atoms with van der Waals surface area (Å²) in [5.41, 5.74) is 3.02. The van der Waals surface area contributed by atoms with Gasteiger partial charge in [-0.15, -0.1) is 5.10 Å². The molecule has 2 aromatic rings. The molecule has 1 atom stereocenters. The summed E-state index contributed by atoms with van der Waals surface area (Å²) in [7, 11) is 1.66. The number of aromatic nitrogens is 3. The van der Waals surface area contributed by atoms with E-state index in [1.165, 1.54) is 16.0 Å². The average Bonchev–Trinajstić information content (AvgIpc) is 3.18. The molecule has 0 bridgehead atoms. The zero-order valence-electron chi connectivity index (χ0n) is 16.2. The predicted molar refractivity (Wildman–Crippen MR) is 103 cm³/mol. The minimum Gasteiger partial charge on any atom is -0.395 e. The second kappa shape index (κ2) is 9.10. The van der Waals surface area contributed by atoms with E-state index < -0.39 is 0 Å². The van der Waals surface area contributed by atoms with Crippen molar-refractivity contribution in [3.8, 4) is 0 Å². The van der Waals surface area contributed by atoms with Crippen molar-refractivity contribution in [2.45, 2.75) is 38.8 Å². The van der Waals surface area contributed by atoms with Crippen molar-refractivity contribution in [3.63, 3.8) is 0 Å². The van der Waals surface area contributed by atoms with E-state index in [0.717, 1.165) is 38.9 Å². The largest absolute Gasteiger partial charge is 0.395 e. The lowest BCUT2D eigenvalue weighted by Gasteiger charge is -2.32. The highest BCUT2D eigenvalue weighted by molar-refractivity contribution is 5.91. The maximum atomic E-state index is 12.3. The van der Waals surface area contributed by atoms with Gasteiger partial charge in [0.05, 0.1) is 18.8 Å². The summed E-state index contributed by atoms with van der Waals surface area (Å²) in [5, 5.41) is 17.2. The molecule has 0 aliphatic carbocycles. The molecule has 1 amide bonds. The smallest absolute Gasteiger partial charge is 0.275 e. The number of hydrogen-bond donors (Lipinski definition) is 1. The van der Waals surface area contributed by atoms with Crippen LogP contribution in [0.15, 0.2) is 30.5 Å². The number of piperidine rings is 1. The highest BCUT2D eigenvalue weighted by atomic mass is 16.3. The second-order valence-electron chi connectivity index (χ2n) is 7.24. The van der Waals surface area contributed by atoms with Crippen molar-refractivity contribution in [3.05, 3.63) is 47.3 Å². The Bertz CT molecular complexity index is 743. The van der Waals surface area contributed by atoms with Crippen molar-refractivity contribution in [1.29, 1.82) is 0 Å². The number of likely N-dealkylation sites (N-methyl/N-ethyl adjacent to an activating group) is 1. The van der Waals surface area contributed by atoms with Crippen LogP contribution >= 0.6 is 0 Å². The lowest BCUT2D eigenvalue weighted by molar-refractivity contribution is 0.0761. The highest BCUT2D eigenvalue weighted by Gasteiger charge is 2.24. The van der Waals surface area contributed by atoms with E-state index in [4.69, 9.17) is 5.11 Å². The molecule has 1 N–H and O–H groups in total. The van der Waals surface area contributed by atoms with Crippen LogP contribution in [0.5, 0.6) is 0 Å². The maximum Gasteiger partial charge on any atom is 0.275 e. The molecule has 1 aromatic heterocycles. The molecule has 2 heterocycles. The fraction of sp³-hybridized carbons (Fsp3) is 0.550. The number of carbonyl (C=O) groups excluding carboxylic acids is 1. The molecule has 0 spiro atoms. The number of rotatable bonds is 7. The van der Waals surface area contributed by atoms with Gasteiger partial charge in [0.15, 0.2) is 5.69 Å². The Morgan fingerprint density at radius 2 is 2.04 bits per heavy atom. The summed E-state index contributed by atoms with van der Waals surface area (Å²) >= 11 is 0. The van der Waals surface area contributed by atoms with Crippen LogP contribution < -0.4 is 0 Å². The summed E-state index contributed by atoms with van der Waals surface area (Å²) in [4.78, 5) is 16.2. The van der Waals surface area contributed by atoms with Gasteiger partial charge in [-0.05, 0) is 36.9 Å². The van der Waals surface area contributed by atoms with Crippen molar-refractivity contribution in [2.24, 2.45) is 0 Å². The van der Waals surface area contributed by atoms with E-state index in [1.807, 2.05) is 4.68 Å². The van der Waals surface area contributed by atoms with Gasteiger partial charge in [0.2, 0.25) is 0 Å².